The van der Waals surface area contributed by atoms with Crippen LogP contribution < -0.4 is 10.2 Å². The predicted molar refractivity (Wildman–Crippen MR) is 117 cm³/mol. The monoisotopic (exact) mass is 404 g/mol. The molecule has 1 aromatic carbocycles. The van der Waals surface area contributed by atoms with Gasteiger partial charge in [-0.05, 0) is 24.6 Å². The summed E-state index contributed by atoms with van der Waals surface area (Å²) in [5.74, 6) is 0.754. The van der Waals surface area contributed by atoms with Crippen molar-refractivity contribution in [3.05, 3.63) is 77.2 Å². The third-order valence-corrected chi connectivity index (χ3v) is 5.52. The van der Waals surface area contributed by atoms with E-state index in [1.165, 1.54) is 5.56 Å². The Balaban J connectivity index is 1.48. The Morgan fingerprint density at radius 1 is 1.20 bits per heavy atom. The van der Waals surface area contributed by atoms with Crippen molar-refractivity contribution in [2.45, 2.75) is 19.5 Å². The maximum Gasteiger partial charge on any atom is 0.272 e. The Morgan fingerprint density at radius 3 is 2.73 bits per heavy atom. The largest absolute Gasteiger partial charge is 0.353 e. The van der Waals surface area contributed by atoms with E-state index in [-0.39, 0.29) is 11.9 Å². The van der Waals surface area contributed by atoms with Gasteiger partial charge in [-0.1, -0.05) is 36.4 Å². The zero-order valence-electron chi connectivity index (χ0n) is 17.7. The highest BCUT2D eigenvalue weighted by Gasteiger charge is 2.23. The Labute approximate surface area is 177 Å². The number of aryl methyl sites for hydroxylation is 2. The second-order valence-corrected chi connectivity index (χ2v) is 7.82. The van der Waals surface area contributed by atoms with Crippen LogP contribution in [0.15, 0.2) is 54.7 Å². The molecule has 1 aliphatic heterocycles. The van der Waals surface area contributed by atoms with Crippen molar-refractivity contribution in [1.82, 2.24) is 25.0 Å². The van der Waals surface area contributed by atoms with Crippen LogP contribution in [0.1, 0.15) is 33.4 Å². The molecule has 30 heavy (non-hydrogen) atoms. The average Bonchev–Trinajstić information content (AvgIpc) is 3.10. The van der Waals surface area contributed by atoms with Crippen molar-refractivity contribution < 1.29 is 4.79 Å². The fourth-order valence-electron chi connectivity index (χ4n) is 3.91. The van der Waals surface area contributed by atoms with Crippen LogP contribution in [-0.4, -0.2) is 52.3 Å². The zero-order chi connectivity index (χ0) is 21.1. The predicted octanol–water partition coefficient (Wildman–Crippen LogP) is 2.55. The van der Waals surface area contributed by atoms with Crippen molar-refractivity contribution in [3.63, 3.8) is 0 Å². The highest BCUT2D eigenvalue weighted by molar-refractivity contribution is 5.92. The van der Waals surface area contributed by atoms with E-state index in [0.29, 0.717) is 12.2 Å². The van der Waals surface area contributed by atoms with Crippen LogP contribution in [0.5, 0.6) is 0 Å². The minimum Gasteiger partial charge on any atom is -0.353 e. The van der Waals surface area contributed by atoms with E-state index in [1.54, 1.807) is 22.7 Å². The second-order valence-electron chi connectivity index (χ2n) is 7.82. The third-order valence-electron chi connectivity index (χ3n) is 5.52. The number of piperazine rings is 1. The first kappa shape index (κ1) is 20.1. The number of nitrogens with one attached hydrogen (secondary N) is 1. The molecule has 2 aromatic heterocycles. The maximum atomic E-state index is 13.0. The number of amides is 1. The number of hydrogen-bond donors (Lipinski definition) is 1. The van der Waals surface area contributed by atoms with Gasteiger partial charge < -0.3 is 15.1 Å². The second kappa shape index (κ2) is 8.67. The van der Waals surface area contributed by atoms with Gasteiger partial charge in [0.1, 0.15) is 11.5 Å². The molecule has 0 spiro atoms. The van der Waals surface area contributed by atoms with Crippen molar-refractivity contribution in [1.29, 1.82) is 0 Å². The first-order chi connectivity index (χ1) is 14.5. The van der Waals surface area contributed by atoms with Crippen molar-refractivity contribution in [3.8, 4) is 0 Å². The molecule has 1 N–H and O–H groups in total. The van der Waals surface area contributed by atoms with Gasteiger partial charge in [-0.15, -0.1) is 0 Å². The molecule has 1 amide bonds. The van der Waals surface area contributed by atoms with E-state index >= 15 is 0 Å². The van der Waals surface area contributed by atoms with Crippen molar-refractivity contribution in [2.24, 2.45) is 7.05 Å². The number of benzene rings is 1. The fraction of sp³-hybridized carbons (Fsp3) is 0.348. The molecule has 1 fully saturated rings. The number of anilines is 1. The third kappa shape index (κ3) is 4.36. The summed E-state index contributed by atoms with van der Waals surface area (Å²) in [7, 11) is 3.69. The molecule has 0 saturated carbocycles. The van der Waals surface area contributed by atoms with Crippen LogP contribution in [0.4, 0.5) is 5.82 Å². The molecule has 1 saturated heterocycles. The molecular formula is C23H28N6O. The standard InChI is InChI=1S/C23H28N6O/c1-17-19(15-28(3)26-17)14-27(2)23(30)20-10-7-11-22(25-20)29-13-12-24-21(16-29)18-8-5-4-6-9-18/h4-11,15,21,24H,12-14,16H2,1-3H3. The van der Waals surface area contributed by atoms with Gasteiger partial charge in [0, 0.05) is 58.1 Å². The van der Waals surface area contributed by atoms with Crippen LogP contribution in [-0.2, 0) is 13.6 Å². The van der Waals surface area contributed by atoms with E-state index in [4.69, 9.17) is 4.98 Å². The summed E-state index contributed by atoms with van der Waals surface area (Å²) in [6.45, 7) is 5.02. The highest BCUT2D eigenvalue weighted by atomic mass is 16.2. The molecule has 156 valence electrons. The molecule has 4 rings (SSSR count). The van der Waals surface area contributed by atoms with Crippen LogP contribution in [0.3, 0.4) is 0 Å². The summed E-state index contributed by atoms with van der Waals surface area (Å²) in [5, 5.41) is 7.93. The quantitative estimate of drug-likeness (QED) is 0.708. The summed E-state index contributed by atoms with van der Waals surface area (Å²) >= 11 is 0. The van der Waals surface area contributed by atoms with Gasteiger partial charge in [0.2, 0.25) is 0 Å². The van der Waals surface area contributed by atoms with Crippen LogP contribution in [0.2, 0.25) is 0 Å². The van der Waals surface area contributed by atoms with E-state index < -0.39 is 0 Å². The Morgan fingerprint density at radius 2 is 2.00 bits per heavy atom. The van der Waals surface area contributed by atoms with E-state index in [1.807, 2.05) is 38.4 Å². The maximum absolute atomic E-state index is 13.0. The summed E-state index contributed by atoms with van der Waals surface area (Å²) in [5.41, 5.74) is 3.70. The van der Waals surface area contributed by atoms with Gasteiger partial charge in [-0.3, -0.25) is 9.48 Å². The Bertz CT molecular complexity index is 1020. The summed E-state index contributed by atoms with van der Waals surface area (Å²) in [6, 6.07) is 16.4. The normalized spacial score (nSPS) is 16.5. The van der Waals surface area contributed by atoms with Gasteiger partial charge in [-0.2, -0.15) is 5.10 Å². The molecule has 1 aliphatic rings. The van der Waals surface area contributed by atoms with Gasteiger partial charge in [-0.25, -0.2) is 4.98 Å². The van der Waals surface area contributed by atoms with Gasteiger partial charge in [0.15, 0.2) is 0 Å². The number of carbonyl (C=O) groups excluding carboxylic acids is 1. The molecule has 0 radical (unpaired) electrons. The molecular weight excluding hydrogens is 376 g/mol. The number of carbonyl (C=O) groups is 1. The molecule has 1 unspecified atom stereocenters. The lowest BCUT2D eigenvalue weighted by molar-refractivity contribution is 0.0779. The molecule has 0 aliphatic carbocycles. The zero-order valence-corrected chi connectivity index (χ0v) is 17.7. The van der Waals surface area contributed by atoms with Crippen molar-refractivity contribution >= 4 is 11.7 Å². The molecule has 7 heteroatoms. The number of pyridine rings is 1. The summed E-state index contributed by atoms with van der Waals surface area (Å²) < 4.78 is 1.77. The lowest BCUT2D eigenvalue weighted by Crippen LogP contribution is -2.46. The average molecular weight is 405 g/mol. The van der Waals surface area contributed by atoms with Crippen LogP contribution >= 0.6 is 0 Å². The minimum atomic E-state index is -0.0881. The molecule has 3 aromatic rings. The molecule has 0 bridgehead atoms. The van der Waals surface area contributed by atoms with Crippen molar-refractivity contribution in [2.75, 3.05) is 31.6 Å². The summed E-state index contributed by atoms with van der Waals surface area (Å²) in [4.78, 5) is 21.6. The van der Waals surface area contributed by atoms with E-state index in [2.05, 4.69) is 39.6 Å². The van der Waals surface area contributed by atoms with Crippen LogP contribution in [0, 0.1) is 6.92 Å². The van der Waals surface area contributed by atoms with Gasteiger partial charge in [0.05, 0.1) is 5.69 Å². The number of rotatable bonds is 5. The van der Waals surface area contributed by atoms with E-state index in [9.17, 15) is 4.79 Å². The lowest BCUT2D eigenvalue weighted by Gasteiger charge is -2.35. The lowest BCUT2D eigenvalue weighted by atomic mass is 10.0. The van der Waals surface area contributed by atoms with Gasteiger partial charge >= 0.3 is 0 Å². The topological polar surface area (TPSA) is 66.3 Å². The van der Waals surface area contributed by atoms with Crippen LogP contribution in [0.25, 0.3) is 0 Å². The molecule has 7 nitrogen and oxygen atoms in total. The van der Waals surface area contributed by atoms with Gasteiger partial charge in [0.25, 0.3) is 5.91 Å². The highest BCUT2D eigenvalue weighted by Crippen LogP contribution is 2.22. The SMILES string of the molecule is Cc1nn(C)cc1CN(C)C(=O)c1cccc(N2CCNC(c3ccccc3)C2)n1. The first-order valence-electron chi connectivity index (χ1n) is 10.3. The number of nitrogens with zero attached hydrogens (tertiary/aromatic N) is 5. The summed E-state index contributed by atoms with van der Waals surface area (Å²) in [6.07, 6.45) is 1.95. The molecule has 1 atom stereocenters. The fourth-order valence-corrected chi connectivity index (χ4v) is 3.91. The smallest absolute Gasteiger partial charge is 0.272 e. The Kier molecular flexibility index (Phi) is 5.81. The number of aromatic nitrogens is 3. The molecule has 3 heterocycles. The Hall–Kier alpha value is -3.19. The number of hydrogen-bond acceptors (Lipinski definition) is 5. The minimum absolute atomic E-state index is 0.0881. The first-order valence-corrected chi connectivity index (χ1v) is 10.3. The van der Waals surface area contributed by atoms with E-state index in [0.717, 1.165) is 36.7 Å².